The molecule has 0 aliphatic carbocycles. The molecule has 1 aromatic carbocycles. The van der Waals surface area contributed by atoms with E-state index < -0.39 is 0 Å². The van der Waals surface area contributed by atoms with Gasteiger partial charge in [-0.25, -0.2) is 4.98 Å². The smallest absolute Gasteiger partial charge is 0.224 e. The lowest BCUT2D eigenvalue weighted by Crippen LogP contribution is -2.39. The van der Waals surface area contributed by atoms with E-state index in [0.29, 0.717) is 12.1 Å². The maximum absolute atomic E-state index is 4.71. The van der Waals surface area contributed by atoms with Gasteiger partial charge in [-0.15, -0.1) is 0 Å². The van der Waals surface area contributed by atoms with Crippen LogP contribution in [0, 0.1) is 0 Å². The van der Waals surface area contributed by atoms with Gasteiger partial charge in [0.1, 0.15) is 5.82 Å². The van der Waals surface area contributed by atoms with Crippen LogP contribution in [0.3, 0.4) is 0 Å². The Morgan fingerprint density at radius 3 is 2.82 bits per heavy atom. The van der Waals surface area contributed by atoms with E-state index in [1.807, 2.05) is 12.3 Å². The van der Waals surface area contributed by atoms with Crippen LogP contribution in [0.15, 0.2) is 36.5 Å². The Kier molecular flexibility index (Phi) is 4.27. The third-order valence-electron chi connectivity index (χ3n) is 4.43. The summed E-state index contributed by atoms with van der Waals surface area (Å²) in [5.74, 6) is 1.72. The van der Waals surface area contributed by atoms with E-state index in [-0.39, 0.29) is 0 Å². The molecule has 1 aromatic heterocycles. The van der Waals surface area contributed by atoms with Crippen molar-refractivity contribution in [1.82, 2.24) is 9.97 Å². The van der Waals surface area contributed by atoms with Gasteiger partial charge in [0.05, 0.1) is 0 Å². The Bertz CT molecular complexity index is 640. The van der Waals surface area contributed by atoms with Gasteiger partial charge in [-0.2, -0.15) is 4.98 Å². The molecule has 3 rings (SSSR count). The molecule has 22 heavy (non-hydrogen) atoms. The molecule has 0 amide bonds. The first kappa shape index (κ1) is 14.8. The fraction of sp³-hybridized carbons (Fsp3) is 0.444. The summed E-state index contributed by atoms with van der Waals surface area (Å²) in [5.41, 5.74) is 2.86. The van der Waals surface area contributed by atoms with Gasteiger partial charge in [-0.3, -0.25) is 0 Å². The average molecular weight is 296 g/mol. The molecular formula is C18H24N4. The predicted molar refractivity (Wildman–Crippen MR) is 91.2 cm³/mol. The Morgan fingerprint density at radius 1 is 1.27 bits per heavy atom. The van der Waals surface area contributed by atoms with Crippen LogP contribution in [0.2, 0.25) is 0 Å². The van der Waals surface area contributed by atoms with E-state index >= 15 is 0 Å². The van der Waals surface area contributed by atoms with E-state index in [0.717, 1.165) is 31.2 Å². The van der Waals surface area contributed by atoms with Crippen molar-refractivity contribution < 1.29 is 0 Å². The summed E-state index contributed by atoms with van der Waals surface area (Å²) < 4.78 is 0. The first-order chi connectivity index (χ1) is 10.7. The number of fused-ring (bicyclic) bond motifs is 1. The van der Waals surface area contributed by atoms with Gasteiger partial charge in [0.15, 0.2) is 0 Å². The van der Waals surface area contributed by atoms with Crippen LogP contribution in [0.5, 0.6) is 0 Å². The third-order valence-corrected chi connectivity index (χ3v) is 4.43. The van der Waals surface area contributed by atoms with Gasteiger partial charge in [-0.05, 0) is 43.9 Å². The van der Waals surface area contributed by atoms with Crippen molar-refractivity contribution >= 4 is 11.8 Å². The molecule has 2 aromatic rings. The fourth-order valence-corrected chi connectivity index (χ4v) is 2.89. The van der Waals surface area contributed by atoms with Gasteiger partial charge in [0.2, 0.25) is 5.95 Å². The summed E-state index contributed by atoms with van der Waals surface area (Å²) in [6.07, 6.45) is 3.97. The third kappa shape index (κ3) is 3.06. The minimum atomic E-state index is 0.384. The van der Waals surface area contributed by atoms with Crippen LogP contribution in [0.4, 0.5) is 11.8 Å². The van der Waals surface area contributed by atoms with E-state index in [9.17, 15) is 0 Å². The largest absolute Gasteiger partial charge is 0.352 e. The Labute approximate surface area is 132 Å². The van der Waals surface area contributed by atoms with Crippen molar-refractivity contribution in [3.05, 3.63) is 47.7 Å². The van der Waals surface area contributed by atoms with Crippen molar-refractivity contribution in [2.75, 3.05) is 10.2 Å². The SMILES string of the molecule is CC[C@H](C)Nc1nccc(N2Cc3ccccc3C[C@@H]2C)n1. The standard InChI is InChI=1S/C18H24N4/c1-4-13(2)20-18-19-10-9-17(21-18)22-12-16-8-6-5-7-15(16)11-14(22)3/h5-10,13-14H,4,11-12H2,1-3H3,(H,19,20,21)/t13-,14-/m0/s1. The minimum Gasteiger partial charge on any atom is -0.352 e. The zero-order chi connectivity index (χ0) is 15.5. The second-order valence-electron chi connectivity index (χ2n) is 6.14. The lowest BCUT2D eigenvalue weighted by molar-refractivity contribution is 0.586. The van der Waals surface area contributed by atoms with Crippen molar-refractivity contribution in [3.63, 3.8) is 0 Å². The minimum absolute atomic E-state index is 0.384. The van der Waals surface area contributed by atoms with Gasteiger partial charge >= 0.3 is 0 Å². The molecule has 116 valence electrons. The average Bonchev–Trinajstić information content (AvgIpc) is 2.54. The number of benzene rings is 1. The molecule has 0 radical (unpaired) electrons. The molecule has 4 heteroatoms. The highest BCUT2D eigenvalue weighted by atomic mass is 15.2. The first-order valence-corrected chi connectivity index (χ1v) is 8.10. The van der Waals surface area contributed by atoms with Gasteiger partial charge in [-0.1, -0.05) is 31.2 Å². The van der Waals surface area contributed by atoms with Crippen molar-refractivity contribution in [2.24, 2.45) is 0 Å². The molecule has 0 bridgehead atoms. The summed E-state index contributed by atoms with van der Waals surface area (Å²) in [4.78, 5) is 11.4. The number of nitrogens with zero attached hydrogens (tertiary/aromatic N) is 3. The monoisotopic (exact) mass is 296 g/mol. The first-order valence-electron chi connectivity index (χ1n) is 8.10. The van der Waals surface area contributed by atoms with Crippen molar-refractivity contribution in [2.45, 2.75) is 52.2 Å². The van der Waals surface area contributed by atoms with Crippen LogP contribution in [-0.2, 0) is 13.0 Å². The van der Waals surface area contributed by atoms with E-state index in [4.69, 9.17) is 4.98 Å². The van der Waals surface area contributed by atoms with Gasteiger partial charge in [0, 0.05) is 24.8 Å². The molecule has 2 heterocycles. The van der Waals surface area contributed by atoms with Crippen LogP contribution in [0.25, 0.3) is 0 Å². The molecule has 0 saturated carbocycles. The maximum atomic E-state index is 4.71. The number of rotatable bonds is 4. The highest BCUT2D eigenvalue weighted by molar-refractivity contribution is 5.47. The van der Waals surface area contributed by atoms with Crippen LogP contribution >= 0.6 is 0 Å². The number of nitrogens with one attached hydrogen (secondary N) is 1. The molecule has 1 aliphatic rings. The molecule has 1 aliphatic heterocycles. The zero-order valence-corrected chi connectivity index (χ0v) is 13.6. The topological polar surface area (TPSA) is 41.1 Å². The molecular weight excluding hydrogens is 272 g/mol. The van der Waals surface area contributed by atoms with Crippen LogP contribution in [-0.4, -0.2) is 22.1 Å². The van der Waals surface area contributed by atoms with Crippen molar-refractivity contribution in [1.29, 1.82) is 0 Å². The summed E-state index contributed by atoms with van der Waals surface area (Å²) in [5, 5.41) is 3.36. The number of hydrogen-bond acceptors (Lipinski definition) is 4. The summed E-state index contributed by atoms with van der Waals surface area (Å²) in [6.45, 7) is 7.48. The Hall–Kier alpha value is -2.10. The second-order valence-corrected chi connectivity index (χ2v) is 6.14. The lowest BCUT2D eigenvalue weighted by atomic mass is 9.95. The second kappa shape index (κ2) is 6.34. The van der Waals surface area contributed by atoms with Crippen LogP contribution < -0.4 is 10.2 Å². The molecule has 1 N–H and O–H groups in total. The maximum Gasteiger partial charge on any atom is 0.224 e. The van der Waals surface area contributed by atoms with E-state index in [2.05, 4.69) is 60.2 Å². The highest BCUT2D eigenvalue weighted by Gasteiger charge is 2.23. The number of anilines is 2. The van der Waals surface area contributed by atoms with E-state index in [1.165, 1.54) is 11.1 Å². The highest BCUT2D eigenvalue weighted by Crippen LogP contribution is 2.27. The predicted octanol–water partition coefficient (Wildman–Crippen LogP) is 3.64. The number of hydrogen-bond donors (Lipinski definition) is 1. The van der Waals surface area contributed by atoms with E-state index in [1.54, 1.807) is 0 Å². The normalized spacial score (nSPS) is 18.7. The van der Waals surface area contributed by atoms with Gasteiger partial charge in [0.25, 0.3) is 0 Å². The number of aromatic nitrogens is 2. The summed E-state index contributed by atoms with van der Waals surface area (Å²) >= 11 is 0. The molecule has 0 unspecified atom stereocenters. The lowest BCUT2D eigenvalue weighted by Gasteiger charge is -2.36. The summed E-state index contributed by atoms with van der Waals surface area (Å²) in [7, 11) is 0. The van der Waals surface area contributed by atoms with Crippen molar-refractivity contribution in [3.8, 4) is 0 Å². The molecule has 0 fully saturated rings. The molecule has 0 saturated heterocycles. The Morgan fingerprint density at radius 2 is 2.05 bits per heavy atom. The molecule has 2 atom stereocenters. The molecule has 4 nitrogen and oxygen atoms in total. The quantitative estimate of drug-likeness (QED) is 0.935. The van der Waals surface area contributed by atoms with Crippen LogP contribution in [0.1, 0.15) is 38.3 Å². The fourth-order valence-electron chi connectivity index (χ4n) is 2.89. The molecule has 0 spiro atoms. The Balaban J connectivity index is 1.83. The summed E-state index contributed by atoms with van der Waals surface area (Å²) in [6, 6.07) is 11.5. The van der Waals surface area contributed by atoms with Gasteiger partial charge < -0.3 is 10.2 Å². The zero-order valence-electron chi connectivity index (χ0n) is 13.6.